The van der Waals surface area contributed by atoms with Gasteiger partial charge in [0.25, 0.3) is 0 Å². The first-order valence-electron chi connectivity index (χ1n) is 11.0. The lowest BCUT2D eigenvalue weighted by Gasteiger charge is -2.31. The van der Waals surface area contributed by atoms with Gasteiger partial charge in [0.1, 0.15) is 5.82 Å². The first-order chi connectivity index (χ1) is 14.2. The molecule has 2 aliphatic rings. The molecule has 4 rings (SSSR count). The van der Waals surface area contributed by atoms with Crippen LogP contribution >= 0.6 is 0 Å². The van der Waals surface area contributed by atoms with Crippen LogP contribution in [0, 0.1) is 6.92 Å². The molecule has 0 fully saturated rings. The molecule has 1 N–H and O–H groups in total. The fourth-order valence-corrected chi connectivity index (χ4v) is 4.76. The van der Waals surface area contributed by atoms with Crippen molar-refractivity contribution in [3.05, 3.63) is 47.0 Å². The highest BCUT2D eigenvalue weighted by Gasteiger charge is 2.23. The van der Waals surface area contributed by atoms with Crippen LogP contribution in [-0.2, 0) is 30.7 Å². The van der Waals surface area contributed by atoms with Crippen molar-refractivity contribution in [2.24, 2.45) is 0 Å². The van der Waals surface area contributed by atoms with Crippen molar-refractivity contribution in [2.75, 3.05) is 37.6 Å². The van der Waals surface area contributed by atoms with Crippen LogP contribution in [0.1, 0.15) is 42.5 Å². The first-order valence-corrected chi connectivity index (χ1v) is 11.0. The van der Waals surface area contributed by atoms with Crippen molar-refractivity contribution in [2.45, 2.75) is 52.6 Å². The summed E-state index contributed by atoms with van der Waals surface area (Å²) in [4.78, 5) is 21.8. The van der Waals surface area contributed by atoms with E-state index in [9.17, 15) is 4.79 Å². The predicted molar refractivity (Wildman–Crippen MR) is 116 cm³/mol. The highest BCUT2D eigenvalue weighted by atomic mass is 16.2. The summed E-state index contributed by atoms with van der Waals surface area (Å²) in [6.45, 7) is 10.2. The second-order valence-corrected chi connectivity index (χ2v) is 8.18. The fraction of sp³-hybridized carbons (Fsp3) is 0.565. The molecular formula is C23H33N5O. The van der Waals surface area contributed by atoms with E-state index in [4.69, 9.17) is 0 Å². The number of aryl methyl sites for hydroxylation is 2. The zero-order valence-electron chi connectivity index (χ0n) is 17.8. The molecule has 6 nitrogen and oxygen atoms in total. The molecule has 1 aromatic carbocycles. The summed E-state index contributed by atoms with van der Waals surface area (Å²) >= 11 is 0. The minimum atomic E-state index is 0.131. The van der Waals surface area contributed by atoms with E-state index in [1.165, 1.54) is 35.5 Å². The van der Waals surface area contributed by atoms with Gasteiger partial charge >= 0.3 is 0 Å². The monoisotopic (exact) mass is 395 g/mol. The normalized spacial score (nSPS) is 16.4. The number of benzene rings is 1. The molecule has 0 atom stereocenters. The summed E-state index contributed by atoms with van der Waals surface area (Å²) in [6, 6.07) is 8.70. The van der Waals surface area contributed by atoms with Gasteiger partial charge in [-0.15, -0.1) is 0 Å². The zero-order valence-corrected chi connectivity index (χ0v) is 17.8. The van der Waals surface area contributed by atoms with Gasteiger partial charge in [0.15, 0.2) is 0 Å². The Bertz CT molecular complexity index is 859. The summed E-state index contributed by atoms with van der Waals surface area (Å²) in [5, 5.41) is 3.12. The van der Waals surface area contributed by atoms with E-state index >= 15 is 0 Å². The summed E-state index contributed by atoms with van der Waals surface area (Å²) in [7, 11) is 0. The quantitative estimate of drug-likeness (QED) is 0.732. The third-order valence-electron chi connectivity index (χ3n) is 6.20. The number of aromatic nitrogens is 2. The Hall–Kier alpha value is -2.34. The van der Waals surface area contributed by atoms with E-state index in [0.717, 1.165) is 57.9 Å². The minimum Gasteiger partial charge on any atom is -0.371 e. The number of carbonyl (C=O) groups is 1. The molecule has 3 heterocycles. The Morgan fingerprint density at radius 2 is 2.07 bits per heavy atom. The van der Waals surface area contributed by atoms with Gasteiger partial charge in [-0.1, -0.05) is 18.2 Å². The number of para-hydroxylation sites is 1. The van der Waals surface area contributed by atoms with Crippen molar-refractivity contribution in [3.8, 4) is 0 Å². The van der Waals surface area contributed by atoms with Gasteiger partial charge in [-0.2, -0.15) is 0 Å². The minimum absolute atomic E-state index is 0.131. The first kappa shape index (κ1) is 20.0. The highest BCUT2D eigenvalue weighted by molar-refractivity contribution is 5.78. The molecule has 2 aliphatic heterocycles. The number of anilines is 1. The van der Waals surface area contributed by atoms with Crippen molar-refractivity contribution in [1.29, 1.82) is 0 Å². The number of nitrogens with zero attached hydrogens (tertiary/aromatic N) is 4. The molecule has 0 saturated carbocycles. The van der Waals surface area contributed by atoms with Crippen LogP contribution in [0.4, 0.5) is 5.69 Å². The molecule has 6 heteroatoms. The summed E-state index contributed by atoms with van der Waals surface area (Å²) in [5.41, 5.74) is 5.32. The van der Waals surface area contributed by atoms with Crippen molar-refractivity contribution < 1.29 is 4.79 Å². The smallest absolute Gasteiger partial charge is 0.234 e. The molecular weight excluding hydrogens is 362 g/mol. The predicted octanol–water partition coefficient (Wildman–Crippen LogP) is 2.53. The van der Waals surface area contributed by atoms with Crippen LogP contribution in [0.25, 0.3) is 0 Å². The number of nitrogens with one attached hydrogen (secondary N) is 1. The van der Waals surface area contributed by atoms with E-state index in [1.54, 1.807) is 0 Å². The summed E-state index contributed by atoms with van der Waals surface area (Å²) in [6.07, 6.45) is 4.31. The Labute approximate surface area is 173 Å². The molecule has 0 radical (unpaired) electrons. The van der Waals surface area contributed by atoms with E-state index in [2.05, 4.69) is 62.8 Å². The Morgan fingerprint density at radius 1 is 1.21 bits per heavy atom. The van der Waals surface area contributed by atoms with Crippen LogP contribution in [0.3, 0.4) is 0 Å². The van der Waals surface area contributed by atoms with Crippen LogP contribution in [0.15, 0.2) is 24.3 Å². The number of rotatable bonds is 7. The molecule has 0 aliphatic carbocycles. The molecule has 2 aromatic rings. The molecule has 1 aromatic heterocycles. The molecule has 29 heavy (non-hydrogen) atoms. The maximum atomic E-state index is 12.4. The van der Waals surface area contributed by atoms with Gasteiger partial charge in [-0.3, -0.25) is 9.69 Å². The second kappa shape index (κ2) is 8.99. The topological polar surface area (TPSA) is 53.4 Å². The Balaban J connectivity index is 1.21. The Morgan fingerprint density at radius 3 is 2.93 bits per heavy atom. The van der Waals surface area contributed by atoms with E-state index < -0.39 is 0 Å². The summed E-state index contributed by atoms with van der Waals surface area (Å²) in [5.74, 6) is 1.22. The van der Waals surface area contributed by atoms with E-state index in [-0.39, 0.29) is 5.91 Å². The zero-order chi connectivity index (χ0) is 20.2. The molecule has 0 unspecified atom stereocenters. The van der Waals surface area contributed by atoms with Gasteiger partial charge in [-0.05, 0) is 44.7 Å². The number of amides is 1. The average Bonchev–Trinajstić information content (AvgIpc) is 3.05. The maximum Gasteiger partial charge on any atom is 0.234 e. The number of imidazole rings is 1. The molecule has 156 valence electrons. The van der Waals surface area contributed by atoms with Gasteiger partial charge in [0.2, 0.25) is 5.91 Å². The van der Waals surface area contributed by atoms with E-state index in [0.29, 0.717) is 6.54 Å². The molecule has 0 bridgehead atoms. The van der Waals surface area contributed by atoms with Gasteiger partial charge < -0.3 is 14.8 Å². The molecule has 0 spiro atoms. The number of carbonyl (C=O) groups excluding carboxylic acids is 1. The fourth-order valence-electron chi connectivity index (χ4n) is 4.76. The van der Waals surface area contributed by atoms with Crippen molar-refractivity contribution in [3.63, 3.8) is 0 Å². The third kappa shape index (κ3) is 4.47. The van der Waals surface area contributed by atoms with Crippen molar-refractivity contribution in [1.82, 2.24) is 19.8 Å². The lowest BCUT2D eigenvalue weighted by Crippen LogP contribution is -2.41. The molecule has 0 saturated heterocycles. The number of hydrogen-bond donors (Lipinski definition) is 1. The summed E-state index contributed by atoms with van der Waals surface area (Å²) < 4.78 is 2.27. The number of fused-ring (bicyclic) bond motifs is 2. The van der Waals surface area contributed by atoms with Crippen molar-refractivity contribution >= 4 is 11.6 Å². The van der Waals surface area contributed by atoms with Gasteiger partial charge in [0, 0.05) is 51.4 Å². The SMILES string of the molecule is CCn1c(C)nc2c1CN(CC(=O)NCCCN1CCCc3ccccc31)CC2. The van der Waals surface area contributed by atoms with Crippen LogP contribution in [0.2, 0.25) is 0 Å². The van der Waals surface area contributed by atoms with Crippen LogP contribution < -0.4 is 10.2 Å². The lowest BCUT2D eigenvalue weighted by atomic mass is 10.0. The molecule has 1 amide bonds. The third-order valence-corrected chi connectivity index (χ3v) is 6.20. The Kier molecular flexibility index (Phi) is 6.19. The standard InChI is InChI=1S/C23H33N5O/c1-3-28-18(2)25-20-11-15-26(16-22(20)28)17-23(29)24-12-7-14-27-13-6-9-19-8-4-5-10-21(19)27/h4-5,8,10H,3,6-7,9,11-17H2,1-2H3,(H,24,29). The van der Waals surface area contributed by atoms with Gasteiger partial charge in [-0.25, -0.2) is 4.98 Å². The maximum absolute atomic E-state index is 12.4. The van der Waals surface area contributed by atoms with E-state index in [1.807, 2.05) is 0 Å². The van der Waals surface area contributed by atoms with Gasteiger partial charge in [0.05, 0.1) is 17.9 Å². The average molecular weight is 396 g/mol. The lowest BCUT2D eigenvalue weighted by molar-refractivity contribution is -0.122. The number of hydrogen-bond acceptors (Lipinski definition) is 4. The van der Waals surface area contributed by atoms with Crippen LogP contribution in [-0.4, -0.2) is 53.1 Å². The van der Waals surface area contributed by atoms with Crippen LogP contribution in [0.5, 0.6) is 0 Å². The second-order valence-electron chi connectivity index (χ2n) is 8.18. The highest BCUT2D eigenvalue weighted by Crippen LogP contribution is 2.26. The largest absolute Gasteiger partial charge is 0.371 e.